The molecule has 9 nitrogen and oxygen atoms in total. The fourth-order valence-electron chi connectivity index (χ4n) is 3.72. The van der Waals surface area contributed by atoms with E-state index in [4.69, 9.17) is 9.15 Å². The summed E-state index contributed by atoms with van der Waals surface area (Å²) in [5, 5.41) is 29.2. The third-order valence-corrected chi connectivity index (χ3v) is 5.63. The fraction of sp³-hybridized carbons (Fsp3) is 0.636. The van der Waals surface area contributed by atoms with Crippen LogP contribution in [0.15, 0.2) is 10.5 Å². The van der Waals surface area contributed by atoms with Crippen LogP contribution in [0.25, 0.3) is 11.6 Å². The summed E-state index contributed by atoms with van der Waals surface area (Å²) in [6.45, 7) is 4.34. The van der Waals surface area contributed by atoms with Gasteiger partial charge in [-0.05, 0) is 46.1 Å². The minimum absolute atomic E-state index is 0.311. The lowest BCUT2D eigenvalue weighted by atomic mass is 9.92. The van der Waals surface area contributed by atoms with E-state index < -0.39 is 108 Å². The number of nitrogens with zero attached hydrogens (tertiary/aromatic N) is 3. The molecule has 1 amide bonds. The molecule has 2 aromatic heterocycles. The number of alkyl halides is 8. The molecule has 3 heterocycles. The lowest BCUT2D eigenvalue weighted by molar-refractivity contribution is -0.280. The first-order chi connectivity index (χ1) is 17.6. The smallest absolute Gasteiger partial charge is 0.426 e. The van der Waals surface area contributed by atoms with Gasteiger partial charge in [0.25, 0.3) is 11.8 Å². The van der Waals surface area contributed by atoms with E-state index in [-0.39, 0.29) is 0 Å². The second-order valence-electron chi connectivity index (χ2n) is 9.98. The van der Waals surface area contributed by atoms with Crippen LogP contribution in [0.3, 0.4) is 0 Å². The van der Waals surface area contributed by atoms with E-state index in [9.17, 15) is 50.1 Å². The number of aliphatic hydroxyl groups is 2. The standard InChI is InChI=1S/C22H24F8N4O5/c1-18(2,3)39-17(36)31-11-9-10(21(25,26)27)13-12(35)5-4-6-19(23,24)7-8-20(37,22(28,29)30)16-34-33-15(38-16)14(11)32-13/h9,12,35,37H,4-8H2,1-3H3,(H,31,36). The third-order valence-electron chi connectivity index (χ3n) is 5.63. The summed E-state index contributed by atoms with van der Waals surface area (Å²) in [5.41, 5.74) is -9.41. The van der Waals surface area contributed by atoms with E-state index in [1.807, 2.05) is 5.32 Å². The lowest BCUT2D eigenvalue weighted by Gasteiger charge is -2.29. The Labute approximate surface area is 215 Å². The van der Waals surface area contributed by atoms with E-state index in [1.165, 1.54) is 20.8 Å². The highest BCUT2D eigenvalue weighted by Gasteiger charge is 2.59. The van der Waals surface area contributed by atoms with Crippen LogP contribution >= 0.6 is 0 Å². The number of nitrogens with one attached hydrogen (secondary N) is 1. The number of ether oxygens (including phenoxy) is 1. The molecule has 0 spiro atoms. The summed E-state index contributed by atoms with van der Waals surface area (Å²) in [6.07, 6.45) is -19.6. The summed E-state index contributed by atoms with van der Waals surface area (Å²) in [5.74, 6) is -6.38. The average Bonchev–Trinajstić information content (AvgIpc) is 3.24. The molecular formula is C22H24F8N4O5. The molecule has 0 aliphatic carbocycles. The molecule has 0 saturated carbocycles. The summed E-state index contributed by atoms with van der Waals surface area (Å²) in [6, 6.07) is 0.311. The molecule has 39 heavy (non-hydrogen) atoms. The number of hydrogen-bond donors (Lipinski definition) is 3. The number of carbonyl (C=O) groups is 1. The second-order valence-corrected chi connectivity index (χ2v) is 9.98. The van der Waals surface area contributed by atoms with E-state index in [2.05, 4.69) is 15.2 Å². The Morgan fingerprint density at radius 3 is 2.31 bits per heavy atom. The molecule has 0 radical (unpaired) electrons. The maximum atomic E-state index is 14.3. The van der Waals surface area contributed by atoms with Crippen molar-refractivity contribution >= 4 is 11.8 Å². The molecule has 3 rings (SSSR count). The molecule has 0 aromatic carbocycles. The van der Waals surface area contributed by atoms with Crippen LogP contribution in [0.2, 0.25) is 0 Å². The molecule has 0 fully saturated rings. The van der Waals surface area contributed by atoms with Gasteiger partial charge in [0.05, 0.1) is 23.0 Å². The third kappa shape index (κ3) is 6.93. The van der Waals surface area contributed by atoms with Crippen molar-refractivity contribution < 1.29 is 59.3 Å². The van der Waals surface area contributed by atoms with E-state index in [0.29, 0.717) is 6.07 Å². The van der Waals surface area contributed by atoms with Gasteiger partial charge < -0.3 is 19.4 Å². The average molecular weight is 576 g/mol. The Balaban J connectivity index is 2.27. The number of fused-ring (bicyclic) bond motifs is 5. The number of anilines is 1. The van der Waals surface area contributed by atoms with Crippen molar-refractivity contribution in [2.45, 2.75) is 88.5 Å². The molecule has 17 heteroatoms. The van der Waals surface area contributed by atoms with Gasteiger partial charge in [-0.25, -0.2) is 18.6 Å². The van der Waals surface area contributed by atoms with Gasteiger partial charge in [-0.15, -0.1) is 10.2 Å². The monoisotopic (exact) mass is 576 g/mol. The first kappa shape index (κ1) is 30.5. The summed E-state index contributed by atoms with van der Waals surface area (Å²) in [7, 11) is 0. The first-order valence-electron chi connectivity index (χ1n) is 11.4. The molecule has 2 aromatic rings. The zero-order valence-electron chi connectivity index (χ0n) is 20.7. The summed E-state index contributed by atoms with van der Waals surface area (Å²) < 4.78 is 122. The lowest BCUT2D eigenvalue weighted by Crippen LogP contribution is -2.43. The molecule has 4 bridgehead atoms. The van der Waals surface area contributed by atoms with Gasteiger partial charge in [0, 0.05) is 12.8 Å². The Kier molecular flexibility index (Phi) is 7.93. The van der Waals surface area contributed by atoms with Gasteiger partial charge in [0.1, 0.15) is 5.60 Å². The highest BCUT2D eigenvalue weighted by molar-refractivity contribution is 5.89. The van der Waals surface area contributed by atoms with Crippen molar-refractivity contribution in [1.29, 1.82) is 0 Å². The van der Waals surface area contributed by atoms with Gasteiger partial charge >= 0.3 is 18.4 Å². The molecule has 3 N–H and O–H groups in total. The van der Waals surface area contributed by atoms with Crippen LogP contribution < -0.4 is 5.32 Å². The number of aliphatic hydroxyl groups excluding tert-OH is 1. The molecule has 0 saturated heterocycles. The van der Waals surface area contributed by atoms with Crippen LogP contribution in [-0.2, 0) is 16.5 Å². The SMILES string of the molecule is CC(C)(C)OC(=O)Nc1cc(C(F)(F)F)c2nc1-c1nnc(o1)C(O)(C(F)(F)F)CCC(F)(F)CCCC2O. The number of halogens is 8. The molecular weight excluding hydrogens is 552 g/mol. The second kappa shape index (κ2) is 10.1. The Hall–Kier alpha value is -3.08. The van der Waals surface area contributed by atoms with E-state index in [0.717, 1.165) is 0 Å². The molecule has 218 valence electrons. The minimum Gasteiger partial charge on any atom is -0.444 e. The van der Waals surface area contributed by atoms with Crippen LogP contribution in [0.5, 0.6) is 0 Å². The number of hydrogen-bond acceptors (Lipinski definition) is 8. The van der Waals surface area contributed by atoms with Gasteiger partial charge in [-0.3, -0.25) is 5.32 Å². The van der Waals surface area contributed by atoms with Crippen LogP contribution in [0.1, 0.15) is 76.1 Å². The molecule has 1 aliphatic rings. The highest BCUT2D eigenvalue weighted by Crippen LogP contribution is 2.46. The topological polar surface area (TPSA) is 131 Å². The molecule has 1 aliphatic heterocycles. The Bertz CT molecular complexity index is 1210. The number of carbonyl (C=O) groups excluding carboxylic acids is 1. The normalized spacial score (nSPS) is 22.6. The highest BCUT2D eigenvalue weighted by atomic mass is 19.4. The zero-order valence-corrected chi connectivity index (χ0v) is 20.7. The van der Waals surface area contributed by atoms with Crippen molar-refractivity contribution in [1.82, 2.24) is 15.2 Å². The van der Waals surface area contributed by atoms with Gasteiger partial charge in [-0.2, -0.15) is 26.3 Å². The van der Waals surface area contributed by atoms with Crippen molar-refractivity contribution in [3.63, 3.8) is 0 Å². The van der Waals surface area contributed by atoms with Gasteiger partial charge in [-0.1, -0.05) is 0 Å². The van der Waals surface area contributed by atoms with Crippen LogP contribution in [0.4, 0.5) is 45.6 Å². The number of pyridine rings is 1. The van der Waals surface area contributed by atoms with Crippen molar-refractivity contribution in [2.75, 3.05) is 5.32 Å². The molecule has 2 atom stereocenters. The van der Waals surface area contributed by atoms with Crippen molar-refractivity contribution in [3.05, 3.63) is 23.2 Å². The predicted octanol–water partition coefficient (Wildman–Crippen LogP) is 5.88. The maximum absolute atomic E-state index is 14.3. The van der Waals surface area contributed by atoms with E-state index in [1.54, 1.807) is 0 Å². The Morgan fingerprint density at radius 2 is 1.74 bits per heavy atom. The van der Waals surface area contributed by atoms with Crippen molar-refractivity contribution in [2.24, 2.45) is 0 Å². The number of amides is 1. The largest absolute Gasteiger partial charge is 0.444 e. The fourth-order valence-corrected chi connectivity index (χ4v) is 3.72. The number of rotatable bonds is 1. The van der Waals surface area contributed by atoms with Gasteiger partial charge in [0.15, 0.2) is 5.69 Å². The quantitative estimate of drug-likeness (QED) is 0.359. The summed E-state index contributed by atoms with van der Waals surface area (Å²) in [4.78, 5) is 16.0. The predicted molar refractivity (Wildman–Crippen MR) is 115 cm³/mol. The summed E-state index contributed by atoms with van der Waals surface area (Å²) >= 11 is 0. The maximum Gasteiger partial charge on any atom is 0.426 e. The first-order valence-corrected chi connectivity index (χ1v) is 11.4. The van der Waals surface area contributed by atoms with Gasteiger partial charge in [0.2, 0.25) is 11.5 Å². The Morgan fingerprint density at radius 1 is 1.10 bits per heavy atom. The number of aromatic nitrogens is 3. The molecule has 2 unspecified atom stereocenters. The minimum atomic E-state index is -5.57. The van der Waals surface area contributed by atoms with Crippen LogP contribution in [-0.4, -0.2) is 49.2 Å². The van der Waals surface area contributed by atoms with Crippen LogP contribution in [0, 0.1) is 0 Å². The zero-order chi connectivity index (χ0) is 29.6. The van der Waals surface area contributed by atoms with E-state index >= 15 is 0 Å². The van der Waals surface area contributed by atoms with Crippen molar-refractivity contribution in [3.8, 4) is 11.6 Å².